The SMILES string of the molecule is CN(C)C(CNC(=O)c1cc(Cl)c(Cl)n1C)c1cccs1. The van der Waals surface area contributed by atoms with Crippen LogP contribution in [0.25, 0.3) is 0 Å². The molecule has 2 aromatic heterocycles. The van der Waals surface area contributed by atoms with Crippen molar-refractivity contribution < 1.29 is 4.79 Å². The number of rotatable bonds is 5. The van der Waals surface area contributed by atoms with Gasteiger partial charge < -0.3 is 14.8 Å². The second-order valence-corrected chi connectivity index (χ2v) is 6.68. The molecule has 0 saturated carbocycles. The first-order valence-corrected chi connectivity index (χ1v) is 8.04. The number of carbonyl (C=O) groups is 1. The van der Waals surface area contributed by atoms with Crippen molar-refractivity contribution in [1.82, 2.24) is 14.8 Å². The summed E-state index contributed by atoms with van der Waals surface area (Å²) in [6.07, 6.45) is 0. The first-order valence-electron chi connectivity index (χ1n) is 6.40. The number of amides is 1. The Kier molecular flexibility index (Phi) is 5.32. The monoisotopic (exact) mass is 345 g/mol. The van der Waals surface area contributed by atoms with Crippen LogP contribution in [0.15, 0.2) is 23.6 Å². The minimum atomic E-state index is -0.185. The summed E-state index contributed by atoms with van der Waals surface area (Å²) in [7, 11) is 5.70. The van der Waals surface area contributed by atoms with Gasteiger partial charge in [-0.15, -0.1) is 11.3 Å². The van der Waals surface area contributed by atoms with Gasteiger partial charge in [0.2, 0.25) is 0 Å². The molecule has 0 radical (unpaired) electrons. The highest BCUT2D eigenvalue weighted by Gasteiger charge is 2.19. The first kappa shape index (κ1) is 16.4. The second-order valence-electron chi connectivity index (χ2n) is 4.93. The Morgan fingerprint density at radius 3 is 2.67 bits per heavy atom. The van der Waals surface area contributed by atoms with Crippen LogP contribution in [-0.4, -0.2) is 36.0 Å². The van der Waals surface area contributed by atoms with Gasteiger partial charge in [0.1, 0.15) is 10.8 Å². The molecule has 1 N–H and O–H groups in total. The summed E-state index contributed by atoms with van der Waals surface area (Å²) in [4.78, 5) is 15.6. The van der Waals surface area contributed by atoms with E-state index < -0.39 is 0 Å². The van der Waals surface area contributed by atoms with Gasteiger partial charge in [-0.3, -0.25) is 4.79 Å². The lowest BCUT2D eigenvalue weighted by Gasteiger charge is -2.23. The lowest BCUT2D eigenvalue weighted by molar-refractivity contribution is 0.0934. The van der Waals surface area contributed by atoms with Crippen molar-refractivity contribution in [3.8, 4) is 0 Å². The summed E-state index contributed by atoms with van der Waals surface area (Å²) in [6.45, 7) is 0.521. The number of hydrogen-bond donors (Lipinski definition) is 1. The average Bonchev–Trinajstić information content (AvgIpc) is 3.03. The van der Waals surface area contributed by atoms with Crippen molar-refractivity contribution in [2.45, 2.75) is 6.04 Å². The van der Waals surface area contributed by atoms with Crippen LogP contribution in [-0.2, 0) is 7.05 Å². The van der Waals surface area contributed by atoms with Crippen molar-refractivity contribution in [2.75, 3.05) is 20.6 Å². The predicted molar refractivity (Wildman–Crippen MR) is 88.5 cm³/mol. The van der Waals surface area contributed by atoms with Gasteiger partial charge in [0.25, 0.3) is 5.91 Å². The molecule has 21 heavy (non-hydrogen) atoms. The Morgan fingerprint density at radius 1 is 1.48 bits per heavy atom. The maximum absolute atomic E-state index is 12.3. The van der Waals surface area contributed by atoms with Crippen LogP contribution in [0.5, 0.6) is 0 Å². The number of hydrogen-bond acceptors (Lipinski definition) is 3. The largest absolute Gasteiger partial charge is 0.349 e. The van der Waals surface area contributed by atoms with Gasteiger partial charge in [-0.1, -0.05) is 29.3 Å². The minimum absolute atomic E-state index is 0.139. The fourth-order valence-corrected chi connectivity index (χ4v) is 3.36. The molecule has 2 aromatic rings. The standard InChI is InChI=1S/C14H17Cl2N3OS/c1-18(2)11(12-5-4-6-21-12)8-17-14(20)10-7-9(15)13(16)19(10)3/h4-7,11H,8H2,1-3H3,(H,17,20). The summed E-state index contributed by atoms with van der Waals surface area (Å²) in [6, 6.07) is 5.79. The van der Waals surface area contributed by atoms with Gasteiger partial charge in [0, 0.05) is 18.5 Å². The topological polar surface area (TPSA) is 37.3 Å². The maximum atomic E-state index is 12.3. The highest BCUT2D eigenvalue weighted by atomic mass is 35.5. The molecule has 114 valence electrons. The third-order valence-corrected chi connectivity index (χ3v) is 5.12. The fraction of sp³-hybridized carbons (Fsp3) is 0.357. The fourth-order valence-electron chi connectivity index (χ4n) is 2.06. The third-order valence-electron chi connectivity index (χ3n) is 3.30. The van der Waals surface area contributed by atoms with E-state index in [1.54, 1.807) is 29.0 Å². The summed E-state index contributed by atoms with van der Waals surface area (Å²) < 4.78 is 1.58. The van der Waals surface area contributed by atoms with E-state index in [-0.39, 0.29) is 11.9 Å². The summed E-state index contributed by atoms with van der Waals surface area (Å²) in [5, 5.41) is 5.72. The van der Waals surface area contributed by atoms with E-state index in [4.69, 9.17) is 23.2 Å². The molecular weight excluding hydrogens is 329 g/mol. The van der Waals surface area contributed by atoms with E-state index in [2.05, 4.69) is 16.3 Å². The molecule has 2 heterocycles. The Hall–Kier alpha value is -1.01. The van der Waals surface area contributed by atoms with Crippen LogP contribution in [0.3, 0.4) is 0 Å². The van der Waals surface area contributed by atoms with Crippen molar-refractivity contribution in [3.05, 3.63) is 44.3 Å². The van der Waals surface area contributed by atoms with Crippen molar-refractivity contribution >= 4 is 40.4 Å². The van der Waals surface area contributed by atoms with Crippen LogP contribution in [0.4, 0.5) is 0 Å². The maximum Gasteiger partial charge on any atom is 0.268 e. The van der Waals surface area contributed by atoms with Crippen LogP contribution < -0.4 is 5.32 Å². The van der Waals surface area contributed by atoms with Crippen LogP contribution >= 0.6 is 34.5 Å². The highest BCUT2D eigenvalue weighted by Crippen LogP contribution is 2.26. The number of likely N-dealkylation sites (N-methyl/N-ethyl adjacent to an activating group) is 1. The van der Waals surface area contributed by atoms with Gasteiger partial charge in [-0.2, -0.15) is 0 Å². The van der Waals surface area contributed by atoms with E-state index in [1.807, 2.05) is 25.5 Å². The van der Waals surface area contributed by atoms with Gasteiger partial charge in [-0.25, -0.2) is 0 Å². The Labute approximate surface area is 138 Å². The Bertz CT molecular complexity index is 622. The zero-order valence-corrected chi connectivity index (χ0v) is 14.4. The second kappa shape index (κ2) is 6.83. The van der Waals surface area contributed by atoms with Crippen molar-refractivity contribution in [1.29, 1.82) is 0 Å². The number of aromatic nitrogens is 1. The molecule has 7 heteroatoms. The Morgan fingerprint density at radius 2 is 2.19 bits per heavy atom. The molecule has 0 aliphatic carbocycles. The van der Waals surface area contributed by atoms with Gasteiger partial charge in [0.15, 0.2) is 0 Å². The number of thiophene rings is 1. The van der Waals surface area contributed by atoms with Gasteiger partial charge >= 0.3 is 0 Å². The van der Waals surface area contributed by atoms with Gasteiger partial charge in [-0.05, 0) is 31.6 Å². The quantitative estimate of drug-likeness (QED) is 0.901. The van der Waals surface area contributed by atoms with E-state index in [1.165, 1.54) is 4.88 Å². The van der Waals surface area contributed by atoms with Crippen LogP contribution in [0.2, 0.25) is 10.2 Å². The van der Waals surface area contributed by atoms with Crippen LogP contribution in [0.1, 0.15) is 21.4 Å². The molecule has 0 aliphatic heterocycles. The van der Waals surface area contributed by atoms with Gasteiger partial charge in [0.05, 0.1) is 11.1 Å². The molecule has 2 rings (SSSR count). The highest BCUT2D eigenvalue weighted by molar-refractivity contribution is 7.10. The molecule has 4 nitrogen and oxygen atoms in total. The van der Waals surface area contributed by atoms with E-state index in [0.717, 1.165) is 0 Å². The average molecular weight is 346 g/mol. The van der Waals surface area contributed by atoms with E-state index >= 15 is 0 Å². The molecule has 0 spiro atoms. The molecule has 0 aliphatic rings. The molecule has 1 atom stereocenters. The zero-order chi connectivity index (χ0) is 15.6. The lowest BCUT2D eigenvalue weighted by Crippen LogP contribution is -2.34. The summed E-state index contributed by atoms with van der Waals surface area (Å²) in [5.74, 6) is -0.185. The molecule has 1 unspecified atom stereocenters. The minimum Gasteiger partial charge on any atom is -0.349 e. The smallest absolute Gasteiger partial charge is 0.268 e. The summed E-state index contributed by atoms with van der Waals surface area (Å²) in [5.41, 5.74) is 0.452. The predicted octanol–water partition coefficient (Wildman–Crippen LogP) is 3.43. The number of nitrogens with zero attached hydrogens (tertiary/aromatic N) is 2. The molecule has 0 aromatic carbocycles. The van der Waals surface area contributed by atoms with E-state index in [0.29, 0.717) is 22.4 Å². The number of nitrogens with one attached hydrogen (secondary N) is 1. The van der Waals surface area contributed by atoms with E-state index in [9.17, 15) is 4.79 Å². The summed E-state index contributed by atoms with van der Waals surface area (Å²) >= 11 is 13.6. The van der Waals surface area contributed by atoms with Crippen molar-refractivity contribution in [2.24, 2.45) is 7.05 Å². The first-order chi connectivity index (χ1) is 9.91. The normalized spacial score (nSPS) is 12.7. The molecule has 1 amide bonds. The lowest BCUT2D eigenvalue weighted by atomic mass is 10.2. The van der Waals surface area contributed by atoms with Crippen molar-refractivity contribution in [3.63, 3.8) is 0 Å². The molecule has 0 bridgehead atoms. The number of carbonyl (C=O) groups excluding carboxylic acids is 1. The third kappa shape index (κ3) is 3.61. The number of halogens is 2. The van der Waals surface area contributed by atoms with Crippen LogP contribution in [0, 0.1) is 0 Å². The molecule has 0 saturated heterocycles. The Balaban J connectivity index is 2.07. The molecule has 0 fully saturated rings. The molecular formula is C14H17Cl2N3OS. The zero-order valence-electron chi connectivity index (χ0n) is 12.1.